The van der Waals surface area contributed by atoms with E-state index >= 15 is 0 Å². The van der Waals surface area contributed by atoms with E-state index < -0.39 is 0 Å². The number of hydrogen-bond donors (Lipinski definition) is 0. The lowest BCUT2D eigenvalue weighted by Gasteiger charge is -2.26. The molecule has 0 aromatic heterocycles. The van der Waals surface area contributed by atoms with Crippen LogP contribution in [0.5, 0.6) is 11.5 Å². The molecule has 0 radical (unpaired) electrons. The monoisotopic (exact) mass is 732 g/mol. The van der Waals surface area contributed by atoms with Crippen LogP contribution in [-0.4, -0.2) is 0 Å². The Morgan fingerprint density at radius 1 is 0.509 bits per heavy atom. The second kappa shape index (κ2) is 17.6. The molecule has 0 saturated heterocycles. The Morgan fingerprint density at radius 2 is 0.891 bits per heavy atom. The predicted octanol–water partition coefficient (Wildman–Crippen LogP) is 15.6. The number of anilines is 5. The molecule has 270 valence electrons. The lowest BCUT2D eigenvalue weighted by Crippen LogP contribution is -2.14. The van der Waals surface area contributed by atoms with Crippen molar-refractivity contribution in [3.63, 3.8) is 0 Å². The van der Waals surface area contributed by atoms with Crippen LogP contribution in [0, 0.1) is 0 Å². The largest absolute Gasteiger partial charge is 0.455 e. The highest BCUT2D eigenvalue weighted by molar-refractivity contribution is 7.99. The maximum atomic E-state index is 6.61. The van der Waals surface area contributed by atoms with Gasteiger partial charge in [-0.1, -0.05) is 142 Å². The lowest BCUT2D eigenvalue weighted by molar-refractivity contribution is 0.455. The minimum atomic E-state index is 0.863. The highest BCUT2D eigenvalue weighted by atomic mass is 32.2. The van der Waals surface area contributed by atoms with Crippen LogP contribution in [0.25, 0.3) is 22.3 Å². The van der Waals surface area contributed by atoms with Crippen molar-refractivity contribution in [3.8, 4) is 33.8 Å². The zero-order chi connectivity index (χ0) is 38.0. The Balaban J connectivity index is 0.00000150. The molecule has 4 heteroatoms. The van der Waals surface area contributed by atoms with Crippen molar-refractivity contribution in [2.75, 3.05) is 9.80 Å². The summed E-state index contributed by atoms with van der Waals surface area (Å²) in [5.41, 5.74) is 10.8. The zero-order valence-corrected chi connectivity index (χ0v) is 32.1. The van der Waals surface area contributed by atoms with Gasteiger partial charge in [-0.05, 0) is 119 Å². The number of benzene rings is 7. The number of nitrogens with zero attached hydrogens (tertiary/aromatic N) is 2. The van der Waals surface area contributed by atoms with Crippen LogP contribution in [0.3, 0.4) is 0 Å². The Kier molecular flexibility index (Phi) is 11.8. The average Bonchev–Trinajstić information content (AvgIpc) is 3.24. The second-order valence-corrected chi connectivity index (χ2v) is 14.1. The molecule has 0 unspecified atom stereocenters. The summed E-state index contributed by atoms with van der Waals surface area (Å²) in [5, 5.41) is 0. The Morgan fingerprint density at radius 3 is 1.33 bits per heavy atom. The maximum Gasteiger partial charge on any atom is 0.142 e. The van der Waals surface area contributed by atoms with Gasteiger partial charge in [-0.15, -0.1) is 0 Å². The van der Waals surface area contributed by atoms with Gasteiger partial charge in [0.2, 0.25) is 0 Å². The molecular formula is C51H44N2OS. The van der Waals surface area contributed by atoms with E-state index in [4.69, 9.17) is 4.74 Å². The van der Waals surface area contributed by atoms with Crippen LogP contribution < -0.4 is 14.5 Å². The summed E-state index contributed by atoms with van der Waals surface area (Å²) in [6.45, 7) is 12.2. The molecule has 1 heterocycles. The fourth-order valence-electron chi connectivity index (χ4n) is 6.53. The van der Waals surface area contributed by atoms with Crippen molar-refractivity contribution >= 4 is 40.2 Å². The average molecular weight is 733 g/mol. The third-order valence-electron chi connectivity index (χ3n) is 9.04. The van der Waals surface area contributed by atoms with Gasteiger partial charge in [-0.3, -0.25) is 0 Å². The summed E-state index contributed by atoms with van der Waals surface area (Å²) in [7, 11) is 0. The number of rotatable bonds is 10. The molecule has 0 spiro atoms. The molecule has 7 aromatic rings. The number of fused-ring (bicyclic) bond motifs is 2. The van der Waals surface area contributed by atoms with Crippen LogP contribution in [0.2, 0.25) is 0 Å². The summed E-state index contributed by atoms with van der Waals surface area (Å²) in [6.07, 6.45) is 6.86. The number of allylic oxidation sites excluding steroid dienone is 3. The first kappa shape index (κ1) is 36.9. The minimum Gasteiger partial charge on any atom is -0.455 e. The molecule has 0 bridgehead atoms. The van der Waals surface area contributed by atoms with Crippen LogP contribution in [0.1, 0.15) is 20.3 Å². The molecule has 3 nitrogen and oxygen atoms in total. The normalized spacial score (nSPS) is 11.5. The molecule has 1 aliphatic heterocycles. The van der Waals surface area contributed by atoms with Crippen LogP contribution in [0.15, 0.2) is 223 Å². The summed E-state index contributed by atoms with van der Waals surface area (Å²) >= 11 is 1.74. The van der Waals surface area contributed by atoms with Gasteiger partial charge in [-0.25, -0.2) is 0 Å². The minimum absolute atomic E-state index is 0.863. The highest BCUT2D eigenvalue weighted by Crippen LogP contribution is 2.49. The van der Waals surface area contributed by atoms with Gasteiger partial charge in [-0.2, -0.15) is 0 Å². The quantitative estimate of drug-likeness (QED) is 0.130. The number of hydrogen-bond acceptors (Lipinski definition) is 4. The van der Waals surface area contributed by atoms with Crippen LogP contribution >= 0.6 is 11.8 Å². The van der Waals surface area contributed by atoms with E-state index in [0.29, 0.717) is 0 Å². The third-order valence-corrected chi connectivity index (χ3v) is 10.2. The van der Waals surface area contributed by atoms with E-state index in [2.05, 4.69) is 182 Å². The standard InChI is InChI=1S/C48H36N2OS.C3H8/c1-3-14-39(4-2)49(40-15-8-5-9-16-40)43-27-21-35(22-28-43)37-25-31-47-45(33-37)51-46-34-38(26-32-48(46)52-47)36-23-29-44(30-24-36)50(41-17-10-6-11-18-41)42-19-12-7-13-20-42;1-3-2/h3-34H,1-2H2;3H2,1-2H3/b39-14+;. The van der Waals surface area contributed by atoms with Gasteiger partial charge < -0.3 is 14.5 Å². The summed E-state index contributed by atoms with van der Waals surface area (Å²) in [5.74, 6) is 1.73. The smallest absolute Gasteiger partial charge is 0.142 e. The van der Waals surface area contributed by atoms with Crippen LogP contribution in [0.4, 0.5) is 28.4 Å². The van der Waals surface area contributed by atoms with Gasteiger partial charge >= 0.3 is 0 Å². The molecule has 55 heavy (non-hydrogen) atoms. The molecule has 8 rings (SSSR count). The van der Waals surface area contributed by atoms with Crippen LogP contribution in [-0.2, 0) is 0 Å². The van der Waals surface area contributed by atoms with E-state index in [0.717, 1.165) is 77.7 Å². The van der Waals surface area contributed by atoms with E-state index in [1.165, 1.54) is 6.42 Å². The number of para-hydroxylation sites is 3. The molecule has 7 aromatic carbocycles. The van der Waals surface area contributed by atoms with Crippen molar-refractivity contribution in [2.24, 2.45) is 0 Å². The van der Waals surface area contributed by atoms with Crippen molar-refractivity contribution in [1.29, 1.82) is 0 Å². The molecule has 0 aliphatic carbocycles. The van der Waals surface area contributed by atoms with E-state index in [1.807, 2.05) is 42.5 Å². The fourth-order valence-corrected chi connectivity index (χ4v) is 7.44. The first-order valence-corrected chi connectivity index (χ1v) is 19.5. The predicted molar refractivity (Wildman–Crippen MR) is 236 cm³/mol. The first-order valence-electron chi connectivity index (χ1n) is 18.7. The Labute approximate surface area is 330 Å². The van der Waals surface area contributed by atoms with Crippen molar-refractivity contribution in [1.82, 2.24) is 0 Å². The first-order chi connectivity index (χ1) is 27.1. The Bertz CT molecular complexity index is 2350. The summed E-state index contributed by atoms with van der Waals surface area (Å²) in [4.78, 5) is 6.66. The topological polar surface area (TPSA) is 15.7 Å². The molecule has 0 amide bonds. The van der Waals surface area contributed by atoms with Gasteiger partial charge in [0, 0.05) is 34.1 Å². The van der Waals surface area contributed by atoms with Gasteiger partial charge in [0.25, 0.3) is 0 Å². The maximum absolute atomic E-state index is 6.61. The molecule has 0 atom stereocenters. The van der Waals surface area contributed by atoms with Crippen molar-refractivity contribution in [2.45, 2.75) is 30.1 Å². The van der Waals surface area contributed by atoms with Crippen molar-refractivity contribution in [3.05, 3.63) is 213 Å². The second-order valence-electron chi connectivity index (χ2n) is 13.0. The van der Waals surface area contributed by atoms with E-state index in [-0.39, 0.29) is 0 Å². The van der Waals surface area contributed by atoms with Gasteiger partial charge in [0.1, 0.15) is 11.5 Å². The molecular weight excluding hydrogens is 689 g/mol. The van der Waals surface area contributed by atoms with E-state index in [1.54, 1.807) is 17.8 Å². The molecule has 1 aliphatic rings. The number of ether oxygens (including phenoxy) is 1. The lowest BCUT2D eigenvalue weighted by atomic mass is 10.0. The SMILES string of the molecule is C=C/C=C(\C=C)N(c1ccccc1)c1ccc(-c2ccc3c(c2)Oc2cc(-c4ccc(N(c5ccccc5)c5ccccc5)cc4)ccc2S3)cc1.CCC. The molecule has 0 fully saturated rings. The fraction of sp³-hybridized carbons (Fsp3) is 0.0588. The summed E-state index contributed by atoms with van der Waals surface area (Å²) in [6, 6.07) is 61.5. The van der Waals surface area contributed by atoms with Gasteiger partial charge in [0.05, 0.1) is 9.79 Å². The Hall–Kier alpha value is -6.49. The molecule has 0 N–H and O–H groups in total. The zero-order valence-electron chi connectivity index (χ0n) is 31.3. The molecule has 0 saturated carbocycles. The third kappa shape index (κ3) is 8.36. The van der Waals surface area contributed by atoms with E-state index in [9.17, 15) is 0 Å². The highest BCUT2D eigenvalue weighted by Gasteiger charge is 2.20. The van der Waals surface area contributed by atoms with Gasteiger partial charge in [0.15, 0.2) is 0 Å². The van der Waals surface area contributed by atoms with Crippen molar-refractivity contribution < 1.29 is 4.74 Å². The summed E-state index contributed by atoms with van der Waals surface area (Å²) < 4.78 is 6.61.